The molecule has 18 heavy (non-hydrogen) atoms. The zero-order valence-corrected chi connectivity index (χ0v) is 11.8. The van der Waals surface area contributed by atoms with Gasteiger partial charge in [-0.1, -0.05) is 0 Å². The van der Waals surface area contributed by atoms with E-state index in [0.29, 0.717) is 19.6 Å². The Morgan fingerprint density at radius 2 is 1.94 bits per heavy atom. The van der Waals surface area contributed by atoms with Gasteiger partial charge in [-0.25, -0.2) is 0 Å². The molecule has 0 spiro atoms. The fraction of sp³-hybridized carbons (Fsp3) is 1.00. The van der Waals surface area contributed by atoms with Crippen molar-refractivity contribution in [1.29, 1.82) is 0 Å². The first-order valence-electron chi connectivity index (χ1n) is 6.39. The first-order valence-corrected chi connectivity index (χ1v) is 8.00. The second-order valence-corrected chi connectivity index (χ2v) is 6.65. The molecule has 0 aromatic rings. The topological polar surface area (TPSA) is 77.5 Å². The summed E-state index contributed by atoms with van der Waals surface area (Å²) in [5, 5.41) is 9.63. The molecule has 5 atom stereocenters. The van der Waals surface area contributed by atoms with Crippen LogP contribution in [0.4, 0.5) is 0 Å². The van der Waals surface area contributed by atoms with Crippen molar-refractivity contribution in [3.05, 3.63) is 0 Å². The zero-order valence-electron chi connectivity index (χ0n) is 10.9. The van der Waals surface area contributed by atoms with Gasteiger partial charge in [0.1, 0.15) is 14.0 Å². The Bertz CT molecular complexity index is 320. The molecule has 6 nitrogen and oxygen atoms in total. The number of hydrogen-bond acceptors (Lipinski definition) is 6. The predicted octanol–water partition coefficient (Wildman–Crippen LogP) is 0.0864. The van der Waals surface area contributed by atoms with Gasteiger partial charge >= 0.3 is 7.60 Å². The van der Waals surface area contributed by atoms with Gasteiger partial charge in [-0.15, -0.1) is 0 Å². The lowest BCUT2D eigenvalue weighted by Crippen LogP contribution is -2.21. The van der Waals surface area contributed by atoms with Crippen molar-refractivity contribution in [1.82, 2.24) is 0 Å². The maximum absolute atomic E-state index is 12.4. The van der Waals surface area contributed by atoms with Crippen molar-refractivity contribution in [2.45, 2.75) is 50.4 Å². The number of aliphatic hydroxyl groups is 1. The van der Waals surface area contributed by atoms with Gasteiger partial charge in [0, 0.05) is 6.42 Å². The van der Waals surface area contributed by atoms with Crippen LogP contribution in [0.2, 0.25) is 0 Å². The summed E-state index contributed by atoms with van der Waals surface area (Å²) >= 11 is 0. The van der Waals surface area contributed by atoms with Crippen LogP contribution in [-0.4, -0.2) is 56.3 Å². The fourth-order valence-corrected chi connectivity index (χ4v) is 4.18. The van der Waals surface area contributed by atoms with E-state index < -0.39 is 19.5 Å². The number of ether oxygens (including phenoxy) is 2. The number of aliphatic hydroxyl groups excluding tert-OH is 1. The summed E-state index contributed by atoms with van der Waals surface area (Å²) in [6.45, 7) is 4.16. The third kappa shape index (κ3) is 2.81. The lowest BCUT2D eigenvalue weighted by molar-refractivity contribution is 0.0470. The molecule has 104 valence electrons. The van der Waals surface area contributed by atoms with Gasteiger partial charge < -0.3 is 23.6 Å². The molecule has 0 saturated carbocycles. The van der Waals surface area contributed by atoms with Crippen LogP contribution < -0.4 is 0 Å². The lowest BCUT2D eigenvalue weighted by Gasteiger charge is -2.15. The van der Waals surface area contributed by atoms with Crippen molar-refractivity contribution in [3.8, 4) is 0 Å². The molecule has 2 aliphatic rings. The average Bonchev–Trinajstić information content (AvgIpc) is 3.03. The van der Waals surface area contributed by atoms with Crippen LogP contribution in [-0.2, 0) is 23.1 Å². The molecular weight excluding hydrogens is 258 g/mol. The van der Waals surface area contributed by atoms with Crippen LogP contribution in [0.5, 0.6) is 0 Å². The second-order valence-electron chi connectivity index (χ2n) is 4.55. The standard InChI is InChI=1S/C10H20BO6P/c1-3-14-18(13,15-4-2)10-8(17-10)7-5-6(12)9(11)16-7/h6-10,12H,3-5,11H2,1-2H3/t6-,7-,8?,9+,10?/m0/s1. The molecule has 2 rings (SSSR count). The Labute approximate surface area is 108 Å². The summed E-state index contributed by atoms with van der Waals surface area (Å²) in [5.41, 5.74) is 0. The van der Waals surface area contributed by atoms with Crippen LogP contribution >= 0.6 is 7.60 Å². The van der Waals surface area contributed by atoms with Gasteiger partial charge in [0.05, 0.1) is 31.4 Å². The summed E-state index contributed by atoms with van der Waals surface area (Å²) in [5.74, 6) is -0.556. The van der Waals surface area contributed by atoms with E-state index in [1.807, 2.05) is 7.85 Å². The Morgan fingerprint density at radius 1 is 1.33 bits per heavy atom. The third-order valence-corrected chi connectivity index (χ3v) is 5.48. The fourth-order valence-electron chi connectivity index (χ4n) is 2.25. The van der Waals surface area contributed by atoms with E-state index in [9.17, 15) is 9.67 Å². The van der Waals surface area contributed by atoms with E-state index in [2.05, 4.69) is 0 Å². The summed E-state index contributed by atoms with van der Waals surface area (Å²) < 4.78 is 33.9. The van der Waals surface area contributed by atoms with Crippen LogP contribution in [0.25, 0.3) is 0 Å². The minimum atomic E-state index is -3.21. The molecule has 1 N–H and O–H groups in total. The molecule has 0 aromatic heterocycles. The second kappa shape index (κ2) is 5.61. The molecule has 2 fully saturated rings. The van der Waals surface area contributed by atoms with E-state index >= 15 is 0 Å². The van der Waals surface area contributed by atoms with Crippen LogP contribution in [0.3, 0.4) is 0 Å². The first kappa shape index (κ1) is 14.5. The molecule has 0 radical (unpaired) electrons. The number of rotatable bonds is 6. The van der Waals surface area contributed by atoms with E-state index in [1.54, 1.807) is 13.8 Å². The minimum Gasteiger partial charge on any atom is -0.391 e. The molecule has 0 amide bonds. The van der Waals surface area contributed by atoms with E-state index in [4.69, 9.17) is 18.5 Å². The van der Waals surface area contributed by atoms with Gasteiger partial charge in [0.2, 0.25) is 0 Å². The molecule has 0 bridgehead atoms. The molecule has 0 aliphatic carbocycles. The Morgan fingerprint density at radius 3 is 2.39 bits per heavy atom. The van der Waals surface area contributed by atoms with Crippen molar-refractivity contribution >= 4 is 15.4 Å². The molecular formula is C10H20BO6P. The van der Waals surface area contributed by atoms with Gasteiger partial charge in [-0.05, 0) is 13.8 Å². The van der Waals surface area contributed by atoms with Crippen LogP contribution in [0.1, 0.15) is 20.3 Å². The van der Waals surface area contributed by atoms with Gasteiger partial charge in [-0.3, -0.25) is 4.57 Å². The van der Waals surface area contributed by atoms with Crippen LogP contribution in [0, 0.1) is 0 Å². The minimum absolute atomic E-state index is 0.210. The Balaban J connectivity index is 1.95. The normalized spacial score (nSPS) is 40.1. The molecule has 2 unspecified atom stereocenters. The number of epoxide rings is 1. The maximum atomic E-state index is 12.4. The van der Waals surface area contributed by atoms with Crippen molar-refractivity contribution in [3.63, 3.8) is 0 Å². The summed E-state index contributed by atoms with van der Waals surface area (Å²) in [7, 11) is -1.40. The maximum Gasteiger partial charge on any atom is 0.361 e. The molecule has 0 aromatic carbocycles. The average molecular weight is 278 g/mol. The highest BCUT2D eigenvalue weighted by molar-refractivity contribution is 7.54. The Hall–Kier alpha value is 0.0949. The Kier molecular flexibility index (Phi) is 4.52. The number of hydrogen-bond donors (Lipinski definition) is 1. The largest absolute Gasteiger partial charge is 0.391 e. The molecule has 2 aliphatic heterocycles. The SMILES string of the molecule is B[C@@H]1O[C@H](C2OC2P(=O)(OCC)OCC)C[C@@H]1O. The van der Waals surface area contributed by atoms with Gasteiger partial charge in [0.25, 0.3) is 0 Å². The predicted molar refractivity (Wildman–Crippen MR) is 67.3 cm³/mol. The summed E-state index contributed by atoms with van der Waals surface area (Å²) in [4.78, 5) is 0. The van der Waals surface area contributed by atoms with E-state index in [1.165, 1.54) is 0 Å². The van der Waals surface area contributed by atoms with E-state index in [-0.39, 0.29) is 18.2 Å². The first-order chi connectivity index (χ1) is 8.51. The highest BCUT2D eigenvalue weighted by Crippen LogP contribution is 2.62. The van der Waals surface area contributed by atoms with E-state index in [0.717, 1.165) is 0 Å². The van der Waals surface area contributed by atoms with Crippen LogP contribution in [0.15, 0.2) is 0 Å². The smallest absolute Gasteiger partial charge is 0.361 e. The summed E-state index contributed by atoms with van der Waals surface area (Å²) in [6.07, 6.45) is -0.512. The molecule has 2 saturated heterocycles. The lowest BCUT2D eigenvalue weighted by atomic mass is 9.94. The van der Waals surface area contributed by atoms with Crippen molar-refractivity contribution < 1.29 is 28.2 Å². The van der Waals surface area contributed by atoms with Gasteiger partial charge in [-0.2, -0.15) is 0 Å². The van der Waals surface area contributed by atoms with Crippen molar-refractivity contribution in [2.75, 3.05) is 13.2 Å². The quantitative estimate of drug-likeness (QED) is 0.421. The molecule has 8 heteroatoms. The summed E-state index contributed by atoms with van der Waals surface area (Å²) in [6, 6.07) is -0.210. The monoisotopic (exact) mass is 278 g/mol. The zero-order chi connectivity index (χ0) is 13.3. The highest BCUT2D eigenvalue weighted by atomic mass is 31.2. The highest BCUT2D eigenvalue weighted by Gasteiger charge is 2.60. The molecule has 2 heterocycles. The van der Waals surface area contributed by atoms with Gasteiger partial charge in [0.15, 0.2) is 5.85 Å². The third-order valence-electron chi connectivity index (χ3n) is 3.20. The van der Waals surface area contributed by atoms with Crippen molar-refractivity contribution in [2.24, 2.45) is 0 Å².